The molecule has 1 aliphatic rings. The van der Waals surface area contributed by atoms with E-state index in [2.05, 4.69) is 9.97 Å². The molecule has 2 aromatic carbocycles. The normalized spacial score (nSPS) is 16.5. The third kappa shape index (κ3) is 3.27. The van der Waals surface area contributed by atoms with Gasteiger partial charge in [-0.2, -0.15) is 4.31 Å². The number of rotatable bonds is 4. The SMILES string of the molecule is Cc1ccc(S(=O)(=O)N2CCC(c3nc4ccccc4[nH]3)CC2)cc1[N+](=O)[O-]. The molecular formula is C19H20N4O4S. The number of fused-ring (bicyclic) bond motifs is 1. The highest BCUT2D eigenvalue weighted by Gasteiger charge is 2.32. The van der Waals surface area contributed by atoms with Gasteiger partial charge in [-0.1, -0.05) is 18.2 Å². The van der Waals surface area contributed by atoms with Gasteiger partial charge in [0.15, 0.2) is 0 Å². The standard InChI is InChI=1S/C19H20N4O4S/c1-13-6-7-15(12-18(13)23(24)25)28(26,27)22-10-8-14(9-11-22)19-20-16-4-2-3-5-17(16)21-19/h2-7,12,14H,8-11H2,1H3,(H,20,21). The van der Waals surface area contributed by atoms with Crippen LogP contribution in [0.4, 0.5) is 5.69 Å². The van der Waals surface area contributed by atoms with Crippen LogP contribution in [0.3, 0.4) is 0 Å². The monoisotopic (exact) mass is 400 g/mol. The Bertz CT molecular complexity index is 1110. The fraction of sp³-hybridized carbons (Fsp3) is 0.316. The number of nitro groups is 1. The Kier molecular flexibility index (Phi) is 4.64. The maximum Gasteiger partial charge on any atom is 0.273 e. The summed E-state index contributed by atoms with van der Waals surface area (Å²) in [7, 11) is -3.77. The van der Waals surface area contributed by atoms with Crippen LogP contribution < -0.4 is 0 Å². The molecule has 1 fully saturated rings. The van der Waals surface area contributed by atoms with Gasteiger partial charge in [-0.15, -0.1) is 0 Å². The predicted octanol–water partition coefficient (Wildman–Crippen LogP) is 3.35. The summed E-state index contributed by atoms with van der Waals surface area (Å²) in [6, 6.07) is 11.9. The summed E-state index contributed by atoms with van der Waals surface area (Å²) in [4.78, 5) is 18.5. The molecule has 8 nitrogen and oxygen atoms in total. The van der Waals surface area contributed by atoms with E-state index >= 15 is 0 Å². The highest BCUT2D eigenvalue weighted by Crippen LogP contribution is 2.31. The number of H-pyrrole nitrogens is 1. The van der Waals surface area contributed by atoms with Crippen molar-refractivity contribution in [1.82, 2.24) is 14.3 Å². The van der Waals surface area contributed by atoms with Crippen molar-refractivity contribution in [3.8, 4) is 0 Å². The smallest absolute Gasteiger partial charge is 0.273 e. The molecule has 0 aliphatic carbocycles. The highest BCUT2D eigenvalue weighted by molar-refractivity contribution is 7.89. The van der Waals surface area contributed by atoms with Gasteiger partial charge in [-0.05, 0) is 38.0 Å². The van der Waals surface area contributed by atoms with E-state index in [4.69, 9.17) is 0 Å². The summed E-state index contributed by atoms with van der Waals surface area (Å²) in [6.07, 6.45) is 1.29. The third-order valence-corrected chi connectivity index (χ3v) is 7.16. The topological polar surface area (TPSA) is 109 Å². The maximum absolute atomic E-state index is 12.9. The first-order chi connectivity index (χ1) is 13.4. The van der Waals surface area contributed by atoms with Crippen LogP contribution in [0.25, 0.3) is 11.0 Å². The van der Waals surface area contributed by atoms with E-state index in [-0.39, 0.29) is 16.5 Å². The van der Waals surface area contributed by atoms with Crippen molar-refractivity contribution in [2.24, 2.45) is 0 Å². The number of sulfonamides is 1. The van der Waals surface area contributed by atoms with Crippen LogP contribution in [0.2, 0.25) is 0 Å². The van der Waals surface area contributed by atoms with Crippen molar-refractivity contribution in [2.45, 2.75) is 30.6 Å². The summed E-state index contributed by atoms with van der Waals surface area (Å²) in [5.74, 6) is 1.04. The first-order valence-corrected chi connectivity index (χ1v) is 10.5. The van der Waals surface area contributed by atoms with Crippen molar-refractivity contribution in [3.05, 3.63) is 64.0 Å². The van der Waals surface area contributed by atoms with Crippen LogP contribution in [0.1, 0.15) is 30.1 Å². The van der Waals surface area contributed by atoms with Crippen LogP contribution in [0.15, 0.2) is 47.4 Å². The number of hydrogen-bond acceptors (Lipinski definition) is 5. The Hall–Kier alpha value is -2.78. The minimum Gasteiger partial charge on any atom is -0.342 e. The number of para-hydroxylation sites is 2. The van der Waals surface area contributed by atoms with E-state index in [1.165, 1.54) is 16.4 Å². The number of nitrogens with one attached hydrogen (secondary N) is 1. The fourth-order valence-corrected chi connectivity index (χ4v) is 5.12. The van der Waals surface area contributed by atoms with E-state index in [9.17, 15) is 18.5 Å². The zero-order valence-electron chi connectivity index (χ0n) is 15.3. The molecule has 1 aliphatic heterocycles. The Morgan fingerprint density at radius 3 is 2.57 bits per heavy atom. The number of hydrogen-bond donors (Lipinski definition) is 1. The van der Waals surface area contributed by atoms with Gasteiger partial charge >= 0.3 is 0 Å². The number of benzene rings is 2. The molecule has 4 rings (SSSR count). The van der Waals surface area contributed by atoms with Crippen LogP contribution in [-0.2, 0) is 10.0 Å². The Labute approximate surface area is 162 Å². The van der Waals surface area contributed by atoms with Crippen molar-refractivity contribution in [1.29, 1.82) is 0 Å². The largest absolute Gasteiger partial charge is 0.342 e. The highest BCUT2D eigenvalue weighted by atomic mass is 32.2. The molecule has 2 heterocycles. The lowest BCUT2D eigenvalue weighted by Gasteiger charge is -2.30. The van der Waals surface area contributed by atoms with Gasteiger partial charge in [0, 0.05) is 30.6 Å². The lowest BCUT2D eigenvalue weighted by Crippen LogP contribution is -2.38. The summed E-state index contributed by atoms with van der Waals surface area (Å²) < 4.78 is 27.3. The molecule has 146 valence electrons. The van der Waals surface area contributed by atoms with Gasteiger partial charge in [-0.3, -0.25) is 10.1 Å². The molecule has 0 atom stereocenters. The van der Waals surface area contributed by atoms with Crippen molar-refractivity contribution in [3.63, 3.8) is 0 Å². The quantitative estimate of drug-likeness (QED) is 0.533. The molecule has 3 aromatic rings. The van der Waals surface area contributed by atoms with E-state index in [0.717, 1.165) is 22.9 Å². The van der Waals surface area contributed by atoms with Gasteiger partial charge < -0.3 is 4.98 Å². The molecule has 0 amide bonds. The van der Waals surface area contributed by atoms with Crippen LogP contribution >= 0.6 is 0 Å². The minimum absolute atomic E-state index is 0.0352. The number of piperidine rings is 1. The zero-order chi connectivity index (χ0) is 19.9. The second-order valence-electron chi connectivity index (χ2n) is 7.02. The van der Waals surface area contributed by atoms with Crippen molar-refractivity contribution < 1.29 is 13.3 Å². The van der Waals surface area contributed by atoms with Gasteiger partial charge in [-0.25, -0.2) is 13.4 Å². The maximum atomic E-state index is 12.9. The first-order valence-electron chi connectivity index (χ1n) is 9.06. The predicted molar refractivity (Wildman–Crippen MR) is 105 cm³/mol. The number of aromatic amines is 1. The second kappa shape index (κ2) is 6.99. The average Bonchev–Trinajstić information content (AvgIpc) is 3.12. The van der Waals surface area contributed by atoms with Gasteiger partial charge in [0.2, 0.25) is 10.0 Å². The Morgan fingerprint density at radius 2 is 1.89 bits per heavy atom. The number of aromatic nitrogens is 2. The number of nitro benzene ring substituents is 1. The molecule has 0 bridgehead atoms. The number of nitrogens with zero attached hydrogens (tertiary/aromatic N) is 3. The van der Waals surface area contributed by atoms with E-state index in [0.29, 0.717) is 31.5 Å². The van der Waals surface area contributed by atoms with Crippen LogP contribution in [0.5, 0.6) is 0 Å². The second-order valence-corrected chi connectivity index (χ2v) is 8.96. The zero-order valence-corrected chi connectivity index (χ0v) is 16.1. The number of aryl methyl sites for hydroxylation is 1. The molecule has 1 aromatic heterocycles. The molecular weight excluding hydrogens is 380 g/mol. The minimum atomic E-state index is -3.77. The molecule has 9 heteroatoms. The van der Waals surface area contributed by atoms with Crippen LogP contribution in [0, 0.1) is 17.0 Å². The van der Waals surface area contributed by atoms with E-state index in [1.807, 2.05) is 24.3 Å². The van der Waals surface area contributed by atoms with E-state index in [1.54, 1.807) is 6.92 Å². The molecule has 0 saturated carbocycles. The summed E-state index contributed by atoms with van der Waals surface area (Å²) >= 11 is 0. The van der Waals surface area contributed by atoms with Gasteiger partial charge in [0.25, 0.3) is 5.69 Å². The molecule has 0 spiro atoms. The summed E-state index contributed by atoms with van der Waals surface area (Å²) in [5, 5.41) is 11.1. The molecule has 0 radical (unpaired) electrons. The molecule has 0 unspecified atom stereocenters. The third-order valence-electron chi connectivity index (χ3n) is 5.26. The molecule has 28 heavy (non-hydrogen) atoms. The first kappa shape index (κ1) is 18.6. The molecule has 1 N–H and O–H groups in total. The van der Waals surface area contributed by atoms with Crippen molar-refractivity contribution >= 4 is 26.7 Å². The Balaban J connectivity index is 1.52. The lowest BCUT2D eigenvalue weighted by atomic mass is 9.97. The summed E-state index contributed by atoms with van der Waals surface area (Å²) in [5.41, 5.74) is 2.13. The van der Waals surface area contributed by atoms with Crippen molar-refractivity contribution in [2.75, 3.05) is 13.1 Å². The van der Waals surface area contributed by atoms with Gasteiger partial charge in [0.1, 0.15) is 5.82 Å². The Morgan fingerprint density at radius 1 is 1.18 bits per heavy atom. The average molecular weight is 400 g/mol. The van der Waals surface area contributed by atoms with E-state index < -0.39 is 14.9 Å². The van der Waals surface area contributed by atoms with Crippen LogP contribution in [-0.4, -0.2) is 40.7 Å². The fourth-order valence-electron chi connectivity index (χ4n) is 3.63. The molecule has 1 saturated heterocycles. The lowest BCUT2D eigenvalue weighted by molar-refractivity contribution is -0.385. The summed E-state index contributed by atoms with van der Waals surface area (Å²) in [6.45, 7) is 2.30. The van der Waals surface area contributed by atoms with Gasteiger partial charge in [0.05, 0.1) is 20.9 Å². The number of imidazole rings is 1.